The summed E-state index contributed by atoms with van der Waals surface area (Å²) in [6.07, 6.45) is 1.84. The molecule has 1 unspecified atom stereocenters. The molecule has 0 aliphatic heterocycles. The number of anilines is 1. The molecule has 1 aromatic carbocycles. The van der Waals surface area contributed by atoms with Crippen LogP contribution in [0, 0.1) is 5.92 Å². The Balaban J connectivity index is 0.00000200. The number of carbonyl (C=O) groups is 1. The Morgan fingerprint density at radius 1 is 1.40 bits per heavy atom. The largest absolute Gasteiger partial charge is 0.330 e. The van der Waals surface area contributed by atoms with E-state index in [9.17, 15) is 4.79 Å². The van der Waals surface area contributed by atoms with Crippen molar-refractivity contribution < 1.29 is 4.79 Å². The molecule has 6 heteroatoms. The summed E-state index contributed by atoms with van der Waals surface area (Å²) in [5.41, 5.74) is 7.29. The van der Waals surface area contributed by atoms with Crippen LogP contribution in [-0.2, 0) is 4.79 Å². The Labute approximate surface area is 124 Å². The van der Waals surface area contributed by atoms with Crippen LogP contribution in [0.3, 0.4) is 0 Å². The number of rotatable bonds is 4. The molecular weight excluding hydrogens is 276 g/mol. The molecule has 0 bridgehead atoms. The fourth-order valence-electron chi connectivity index (χ4n) is 1.90. The van der Waals surface area contributed by atoms with Gasteiger partial charge in [0.15, 0.2) is 0 Å². The first kappa shape index (κ1) is 16.5. The van der Waals surface area contributed by atoms with Crippen LogP contribution in [0.4, 0.5) is 5.69 Å². The molecule has 0 fully saturated rings. The number of amides is 1. The van der Waals surface area contributed by atoms with Crippen LogP contribution in [0.25, 0.3) is 10.9 Å². The lowest BCUT2D eigenvalue weighted by Crippen LogP contribution is -2.26. The van der Waals surface area contributed by atoms with Crippen molar-refractivity contribution in [1.29, 1.82) is 0 Å². The first-order valence-corrected chi connectivity index (χ1v) is 6.51. The zero-order valence-electron chi connectivity index (χ0n) is 12.0. The zero-order valence-corrected chi connectivity index (χ0v) is 12.8. The van der Waals surface area contributed by atoms with E-state index in [1.165, 1.54) is 0 Å². The average molecular weight is 297 g/mol. The normalized spacial score (nSPS) is 12.2. The molecule has 1 aromatic heterocycles. The first-order valence-electron chi connectivity index (χ1n) is 6.51. The number of nitrogens with one attached hydrogen (secondary N) is 1. The number of nitrogens with two attached hydrogens (primary N) is 1. The fraction of sp³-hybridized carbons (Fsp3) is 0.429. The van der Waals surface area contributed by atoms with Crippen molar-refractivity contribution in [3.8, 4) is 0 Å². The van der Waals surface area contributed by atoms with E-state index in [4.69, 9.17) is 5.73 Å². The lowest BCUT2D eigenvalue weighted by Gasteiger charge is -2.11. The summed E-state index contributed by atoms with van der Waals surface area (Å²) in [4.78, 5) is 11.8. The van der Waals surface area contributed by atoms with Crippen molar-refractivity contribution in [3.63, 3.8) is 0 Å². The highest BCUT2D eigenvalue weighted by atomic mass is 35.5. The molecule has 20 heavy (non-hydrogen) atoms. The van der Waals surface area contributed by atoms with Gasteiger partial charge in [0.1, 0.15) is 0 Å². The lowest BCUT2D eigenvalue weighted by atomic mass is 10.1. The number of hydrogen-bond acceptors (Lipinski definition) is 3. The van der Waals surface area contributed by atoms with Gasteiger partial charge in [-0.05, 0) is 32.0 Å². The molecule has 1 amide bonds. The number of nitrogens with zero attached hydrogens (tertiary/aromatic N) is 2. The van der Waals surface area contributed by atoms with Crippen LogP contribution in [0.5, 0.6) is 0 Å². The topological polar surface area (TPSA) is 72.9 Å². The number of aromatic nitrogens is 2. The molecule has 0 aliphatic carbocycles. The molecule has 0 saturated heterocycles. The maximum Gasteiger partial charge on any atom is 0.228 e. The molecule has 110 valence electrons. The molecule has 1 heterocycles. The van der Waals surface area contributed by atoms with Crippen LogP contribution in [-0.4, -0.2) is 22.2 Å². The average Bonchev–Trinajstić information content (AvgIpc) is 2.80. The standard InChI is InChI=1S/C14H20N4O.ClH/c1-9(2)18-13-6-12(5-4-11(13)8-16-18)17-14(19)10(3)7-15;/h4-6,8-10H,7,15H2,1-3H3,(H,17,19);1H. The second-order valence-electron chi connectivity index (χ2n) is 5.08. The Morgan fingerprint density at radius 3 is 2.70 bits per heavy atom. The number of carbonyl (C=O) groups excluding carboxylic acids is 1. The van der Waals surface area contributed by atoms with Gasteiger partial charge < -0.3 is 11.1 Å². The highest BCUT2D eigenvalue weighted by molar-refractivity contribution is 5.94. The van der Waals surface area contributed by atoms with Crippen LogP contribution < -0.4 is 11.1 Å². The Bertz CT molecular complexity index is 594. The minimum absolute atomic E-state index is 0. The van der Waals surface area contributed by atoms with Gasteiger partial charge in [0.25, 0.3) is 0 Å². The van der Waals surface area contributed by atoms with Gasteiger partial charge in [-0.3, -0.25) is 9.48 Å². The SMILES string of the molecule is CC(CN)C(=O)Nc1ccc2cnn(C(C)C)c2c1.Cl. The third-order valence-electron chi connectivity index (χ3n) is 3.16. The zero-order chi connectivity index (χ0) is 14.0. The van der Waals surface area contributed by atoms with Gasteiger partial charge in [-0.1, -0.05) is 6.92 Å². The van der Waals surface area contributed by atoms with E-state index < -0.39 is 0 Å². The third kappa shape index (κ3) is 3.29. The maximum absolute atomic E-state index is 11.8. The second kappa shape index (κ2) is 6.72. The highest BCUT2D eigenvalue weighted by Gasteiger charge is 2.12. The van der Waals surface area contributed by atoms with Crippen LogP contribution in [0.2, 0.25) is 0 Å². The Kier molecular flexibility index (Phi) is 5.53. The van der Waals surface area contributed by atoms with Gasteiger partial charge >= 0.3 is 0 Å². The van der Waals surface area contributed by atoms with Gasteiger partial charge in [-0.15, -0.1) is 12.4 Å². The monoisotopic (exact) mass is 296 g/mol. The highest BCUT2D eigenvalue weighted by Crippen LogP contribution is 2.22. The Morgan fingerprint density at radius 2 is 2.10 bits per heavy atom. The van der Waals surface area contributed by atoms with Crippen molar-refractivity contribution in [1.82, 2.24) is 9.78 Å². The van der Waals surface area contributed by atoms with Gasteiger partial charge in [0, 0.05) is 29.6 Å². The molecule has 5 nitrogen and oxygen atoms in total. The van der Waals surface area contributed by atoms with Crippen molar-refractivity contribution in [2.75, 3.05) is 11.9 Å². The van der Waals surface area contributed by atoms with Gasteiger partial charge in [-0.25, -0.2) is 0 Å². The molecule has 0 aliphatic rings. The minimum atomic E-state index is -0.189. The number of benzene rings is 1. The molecule has 1 atom stereocenters. The summed E-state index contributed by atoms with van der Waals surface area (Å²) < 4.78 is 1.94. The van der Waals surface area contributed by atoms with Crippen molar-refractivity contribution in [2.45, 2.75) is 26.8 Å². The van der Waals surface area contributed by atoms with Crippen LogP contribution >= 0.6 is 12.4 Å². The summed E-state index contributed by atoms with van der Waals surface area (Å²) >= 11 is 0. The predicted molar refractivity (Wildman–Crippen MR) is 84.2 cm³/mol. The summed E-state index contributed by atoms with van der Waals surface area (Å²) in [6.45, 7) is 6.31. The van der Waals surface area contributed by atoms with Crippen LogP contribution in [0.1, 0.15) is 26.8 Å². The summed E-state index contributed by atoms with van der Waals surface area (Å²) in [5, 5.41) is 8.30. The maximum atomic E-state index is 11.8. The molecule has 2 aromatic rings. The van der Waals surface area contributed by atoms with Crippen molar-refractivity contribution in [2.24, 2.45) is 11.7 Å². The smallest absolute Gasteiger partial charge is 0.228 e. The van der Waals surface area contributed by atoms with E-state index in [1.807, 2.05) is 36.0 Å². The minimum Gasteiger partial charge on any atom is -0.330 e. The fourth-order valence-corrected chi connectivity index (χ4v) is 1.90. The number of fused-ring (bicyclic) bond motifs is 1. The quantitative estimate of drug-likeness (QED) is 0.911. The van der Waals surface area contributed by atoms with E-state index in [0.29, 0.717) is 6.54 Å². The molecule has 0 saturated carbocycles. The van der Waals surface area contributed by atoms with E-state index in [2.05, 4.69) is 24.3 Å². The molecule has 2 rings (SSSR count). The Hall–Kier alpha value is -1.59. The van der Waals surface area contributed by atoms with E-state index >= 15 is 0 Å². The molecule has 0 radical (unpaired) electrons. The van der Waals surface area contributed by atoms with Crippen molar-refractivity contribution >= 4 is 34.9 Å². The van der Waals surface area contributed by atoms with Crippen LogP contribution in [0.15, 0.2) is 24.4 Å². The summed E-state index contributed by atoms with van der Waals surface area (Å²) in [5.74, 6) is -0.247. The van der Waals surface area contributed by atoms with Crippen molar-refractivity contribution in [3.05, 3.63) is 24.4 Å². The van der Waals surface area contributed by atoms with E-state index in [0.717, 1.165) is 16.6 Å². The molecular formula is C14H21ClN4O. The predicted octanol–water partition coefficient (Wildman–Crippen LogP) is 2.57. The number of halogens is 1. The van der Waals surface area contributed by atoms with Gasteiger partial charge in [0.2, 0.25) is 5.91 Å². The summed E-state index contributed by atoms with van der Waals surface area (Å²) in [6, 6.07) is 6.08. The number of hydrogen-bond donors (Lipinski definition) is 2. The third-order valence-corrected chi connectivity index (χ3v) is 3.16. The van der Waals surface area contributed by atoms with Gasteiger partial charge in [-0.2, -0.15) is 5.10 Å². The van der Waals surface area contributed by atoms with E-state index in [-0.39, 0.29) is 30.3 Å². The second-order valence-corrected chi connectivity index (χ2v) is 5.08. The summed E-state index contributed by atoms with van der Waals surface area (Å²) in [7, 11) is 0. The molecule has 0 spiro atoms. The molecule has 3 N–H and O–H groups in total. The first-order chi connectivity index (χ1) is 9.02. The van der Waals surface area contributed by atoms with Gasteiger partial charge in [0.05, 0.1) is 11.7 Å². The van der Waals surface area contributed by atoms with E-state index in [1.54, 1.807) is 0 Å². The lowest BCUT2D eigenvalue weighted by molar-refractivity contribution is -0.119.